The van der Waals surface area contributed by atoms with E-state index in [9.17, 15) is 24.0 Å². The molecule has 0 spiro atoms. The van der Waals surface area contributed by atoms with Gasteiger partial charge >= 0.3 is 11.9 Å². The molecule has 37 heavy (non-hydrogen) atoms. The van der Waals surface area contributed by atoms with Crippen LogP contribution in [0, 0.1) is 5.92 Å². The number of H-pyrrole nitrogens is 1. The Morgan fingerprint density at radius 1 is 1.00 bits per heavy atom. The zero-order valence-corrected chi connectivity index (χ0v) is 21.5. The Balaban J connectivity index is 2.08. The number of aliphatic carboxylic acids is 2. The molecule has 0 aliphatic rings. The van der Waals surface area contributed by atoms with Crippen LogP contribution in [0.4, 0.5) is 0 Å². The highest BCUT2D eigenvalue weighted by atomic mass is 32.1. The number of carbonyl (C=O) groups is 5. The molecule has 0 saturated heterocycles. The summed E-state index contributed by atoms with van der Waals surface area (Å²) < 4.78 is 0. The molecule has 2 rings (SSSR count). The van der Waals surface area contributed by atoms with Crippen molar-refractivity contribution in [2.45, 2.75) is 57.3 Å². The van der Waals surface area contributed by atoms with Crippen molar-refractivity contribution in [1.82, 2.24) is 20.9 Å². The molecule has 13 heteroatoms. The molecule has 5 atom stereocenters. The van der Waals surface area contributed by atoms with Crippen molar-refractivity contribution in [3.05, 3.63) is 36.0 Å². The molecule has 1 heterocycles. The van der Waals surface area contributed by atoms with Gasteiger partial charge in [0.25, 0.3) is 0 Å². The van der Waals surface area contributed by atoms with Gasteiger partial charge in [-0.15, -0.1) is 0 Å². The Kier molecular flexibility index (Phi) is 10.9. The van der Waals surface area contributed by atoms with Gasteiger partial charge < -0.3 is 36.9 Å². The summed E-state index contributed by atoms with van der Waals surface area (Å²) in [5, 5.41) is 26.2. The van der Waals surface area contributed by atoms with E-state index in [2.05, 4.69) is 33.6 Å². The summed E-state index contributed by atoms with van der Waals surface area (Å²) in [5.41, 5.74) is 7.91. The van der Waals surface area contributed by atoms with Crippen molar-refractivity contribution in [3.8, 4) is 0 Å². The van der Waals surface area contributed by atoms with Gasteiger partial charge in [0.05, 0.1) is 12.5 Å². The molecule has 1 aromatic heterocycles. The fraction of sp³-hybridized carbons (Fsp3) is 0.458. The van der Waals surface area contributed by atoms with E-state index in [4.69, 9.17) is 15.9 Å². The van der Waals surface area contributed by atoms with Gasteiger partial charge in [0.2, 0.25) is 17.7 Å². The number of rotatable bonds is 14. The van der Waals surface area contributed by atoms with E-state index in [0.717, 1.165) is 16.5 Å². The first-order valence-electron chi connectivity index (χ1n) is 11.8. The summed E-state index contributed by atoms with van der Waals surface area (Å²) >= 11 is 4.05. The number of hydrogen-bond acceptors (Lipinski definition) is 7. The maximum atomic E-state index is 13.1. The average molecular weight is 536 g/mol. The molecule has 0 aliphatic heterocycles. The van der Waals surface area contributed by atoms with Crippen LogP contribution in [-0.2, 0) is 30.4 Å². The highest BCUT2D eigenvalue weighted by Crippen LogP contribution is 2.19. The lowest BCUT2D eigenvalue weighted by molar-refractivity contribution is -0.147. The Labute approximate surface area is 219 Å². The van der Waals surface area contributed by atoms with Crippen LogP contribution in [0.2, 0.25) is 0 Å². The van der Waals surface area contributed by atoms with Gasteiger partial charge in [0, 0.05) is 22.9 Å². The maximum absolute atomic E-state index is 13.1. The molecule has 202 valence electrons. The van der Waals surface area contributed by atoms with E-state index in [0.29, 0.717) is 6.42 Å². The van der Waals surface area contributed by atoms with Crippen molar-refractivity contribution >= 4 is 53.2 Å². The second kappa shape index (κ2) is 13.7. The molecular formula is C24H33N5O7S. The minimum Gasteiger partial charge on any atom is -0.481 e. The lowest BCUT2D eigenvalue weighted by Crippen LogP contribution is -2.59. The minimum absolute atomic E-state index is 0.196. The first-order chi connectivity index (χ1) is 17.5. The smallest absolute Gasteiger partial charge is 0.326 e. The standard InChI is InChI=1S/C24H33N5O7S/c1-3-12(2)20(23(34)28-18(11-37)22(33)27-17(24(35)36)9-19(30)31)29-21(32)15(25)8-13-10-26-16-7-5-4-6-14(13)16/h4-7,10,12,15,17-18,20,26,37H,3,8-9,11,25H2,1-2H3,(H,27,33)(H,28,34)(H,29,32)(H,30,31)(H,35,36). The van der Waals surface area contributed by atoms with Crippen LogP contribution >= 0.6 is 12.6 Å². The normalized spacial score (nSPS) is 15.1. The van der Waals surface area contributed by atoms with E-state index in [-0.39, 0.29) is 18.1 Å². The number of aromatic amines is 1. The summed E-state index contributed by atoms with van der Waals surface area (Å²) in [5.74, 6) is -5.62. The minimum atomic E-state index is -1.68. The maximum Gasteiger partial charge on any atom is 0.326 e. The monoisotopic (exact) mass is 535 g/mol. The number of thiol groups is 1. The van der Waals surface area contributed by atoms with E-state index in [1.807, 2.05) is 31.2 Å². The third-order valence-corrected chi connectivity index (χ3v) is 6.42. The lowest BCUT2D eigenvalue weighted by Gasteiger charge is -2.27. The fourth-order valence-electron chi connectivity index (χ4n) is 3.69. The van der Waals surface area contributed by atoms with Crippen molar-refractivity contribution in [2.24, 2.45) is 11.7 Å². The number of amides is 3. The molecule has 8 N–H and O–H groups in total. The Bertz CT molecular complexity index is 1140. The van der Waals surface area contributed by atoms with Crippen LogP contribution in [-0.4, -0.2) is 74.8 Å². The molecule has 0 saturated carbocycles. The van der Waals surface area contributed by atoms with Gasteiger partial charge in [-0.05, 0) is 24.0 Å². The van der Waals surface area contributed by atoms with Gasteiger partial charge in [-0.25, -0.2) is 4.79 Å². The summed E-state index contributed by atoms with van der Waals surface area (Å²) in [6.07, 6.45) is 1.69. The van der Waals surface area contributed by atoms with Crippen molar-refractivity contribution < 1.29 is 34.2 Å². The Morgan fingerprint density at radius 3 is 2.24 bits per heavy atom. The van der Waals surface area contributed by atoms with Gasteiger partial charge in [0.1, 0.15) is 18.1 Å². The number of fused-ring (bicyclic) bond motifs is 1. The highest BCUT2D eigenvalue weighted by molar-refractivity contribution is 7.80. The summed E-state index contributed by atoms with van der Waals surface area (Å²) in [6, 6.07) is 2.65. The van der Waals surface area contributed by atoms with Gasteiger partial charge in [-0.3, -0.25) is 19.2 Å². The first kappa shape index (κ1) is 29.6. The summed E-state index contributed by atoms with van der Waals surface area (Å²) in [4.78, 5) is 63.8. The molecule has 1 aromatic carbocycles. The van der Waals surface area contributed by atoms with Crippen molar-refractivity contribution in [1.29, 1.82) is 0 Å². The number of carboxylic acids is 2. The number of carbonyl (C=O) groups excluding carboxylic acids is 3. The van der Waals surface area contributed by atoms with Gasteiger partial charge in [-0.2, -0.15) is 12.6 Å². The van der Waals surface area contributed by atoms with Crippen LogP contribution < -0.4 is 21.7 Å². The molecule has 5 unspecified atom stereocenters. The first-order valence-corrected chi connectivity index (χ1v) is 12.4. The third kappa shape index (κ3) is 8.22. The van der Waals surface area contributed by atoms with E-state index < -0.39 is 60.2 Å². The number of benzene rings is 1. The molecular weight excluding hydrogens is 502 g/mol. The molecule has 12 nitrogen and oxygen atoms in total. The number of para-hydroxylation sites is 1. The number of carboxylic acid groups (broad SMARTS) is 2. The molecule has 3 amide bonds. The van der Waals surface area contributed by atoms with E-state index >= 15 is 0 Å². The molecule has 0 aliphatic carbocycles. The van der Waals surface area contributed by atoms with Crippen molar-refractivity contribution in [2.75, 3.05) is 5.75 Å². The van der Waals surface area contributed by atoms with Crippen LogP contribution in [0.25, 0.3) is 10.9 Å². The van der Waals surface area contributed by atoms with Crippen LogP contribution in [0.3, 0.4) is 0 Å². The zero-order chi connectivity index (χ0) is 27.7. The third-order valence-electron chi connectivity index (χ3n) is 6.05. The molecule has 0 bridgehead atoms. The predicted octanol–water partition coefficient (Wildman–Crippen LogP) is 0.0273. The van der Waals surface area contributed by atoms with Crippen molar-refractivity contribution in [3.63, 3.8) is 0 Å². The number of nitrogens with two attached hydrogens (primary N) is 1. The zero-order valence-electron chi connectivity index (χ0n) is 20.6. The van der Waals surface area contributed by atoms with Crippen LogP contribution in [0.5, 0.6) is 0 Å². The van der Waals surface area contributed by atoms with E-state index in [1.165, 1.54) is 0 Å². The van der Waals surface area contributed by atoms with Gasteiger partial charge in [0.15, 0.2) is 0 Å². The van der Waals surface area contributed by atoms with Crippen LogP contribution in [0.15, 0.2) is 30.5 Å². The predicted molar refractivity (Wildman–Crippen MR) is 139 cm³/mol. The van der Waals surface area contributed by atoms with Gasteiger partial charge in [-0.1, -0.05) is 38.5 Å². The number of nitrogens with one attached hydrogen (secondary N) is 4. The van der Waals surface area contributed by atoms with E-state index in [1.54, 1.807) is 13.1 Å². The fourth-order valence-corrected chi connectivity index (χ4v) is 3.95. The SMILES string of the molecule is CCC(C)C(NC(=O)C(N)Cc1c[nH]c2ccccc12)C(=O)NC(CS)C(=O)NC(CC(=O)O)C(=O)O. The quantitative estimate of drug-likeness (QED) is 0.155. The molecule has 0 fully saturated rings. The van der Waals surface area contributed by atoms with Crippen LogP contribution in [0.1, 0.15) is 32.3 Å². The number of hydrogen-bond donors (Lipinski definition) is 8. The topological polar surface area (TPSA) is 204 Å². The highest BCUT2D eigenvalue weighted by Gasteiger charge is 2.32. The lowest BCUT2D eigenvalue weighted by atomic mass is 9.97. The molecule has 0 radical (unpaired) electrons. The average Bonchev–Trinajstić information content (AvgIpc) is 3.26. The molecule has 2 aromatic rings. The Hall–Kier alpha value is -3.58. The number of aromatic nitrogens is 1. The second-order valence-corrected chi connectivity index (χ2v) is 9.15. The largest absolute Gasteiger partial charge is 0.481 e. The second-order valence-electron chi connectivity index (χ2n) is 8.78. The Morgan fingerprint density at radius 2 is 1.65 bits per heavy atom. The summed E-state index contributed by atoms with van der Waals surface area (Å²) in [7, 11) is 0. The summed E-state index contributed by atoms with van der Waals surface area (Å²) in [6.45, 7) is 3.58.